The summed E-state index contributed by atoms with van der Waals surface area (Å²) in [6.07, 6.45) is 2.89. The number of fused-ring (bicyclic) bond motifs is 2. The number of imidazole rings is 1. The highest BCUT2D eigenvalue weighted by atomic mass is 32.2. The van der Waals surface area contributed by atoms with Crippen molar-refractivity contribution in [1.29, 1.82) is 0 Å². The summed E-state index contributed by atoms with van der Waals surface area (Å²) in [5.74, 6) is 2.39. The van der Waals surface area contributed by atoms with Crippen LogP contribution in [0.15, 0.2) is 65.0 Å². The Morgan fingerprint density at radius 2 is 1.77 bits per heavy atom. The lowest BCUT2D eigenvalue weighted by Gasteiger charge is -2.14. The number of thioether (sulfide) groups is 1. The highest BCUT2D eigenvalue weighted by molar-refractivity contribution is 7.99. The van der Waals surface area contributed by atoms with Gasteiger partial charge in [0.15, 0.2) is 16.7 Å². The predicted octanol–water partition coefficient (Wildman–Crippen LogP) is 4.07. The summed E-state index contributed by atoms with van der Waals surface area (Å²) in [4.78, 5) is 4.71. The van der Waals surface area contributed by atoms with Crippen LogP contribution in [0.2, 0.25) is 0 Å². The van der Waals surface area contributed by atoms with E-state index in [0.717, 1.165) is 51.4 Å². The maximum Gasteiger partial charge on any atom is 0.189 e. The summed E-state index contributed by atoms with van der Waals surface area (Å²) >= 11 is 1.70. The van der Waals surface area contributed by atoms with E-state index in [2.05, 4.69) is 12.1 Å². The van der Waals surface area contributed by atoms with Gasteiger partial charge in [-0.2, -0.15) is 5.10 Å². The van der Waals surface area contributed by atoms with Crippen LogP contribution in [0.4, 0.5) is 0 Å². The van der Waals surface area contributed by atoms with Crippen molar-refractivity contribution in [1.82, 2.24) is 9.66 Å². The lowest BCUT2D eigenvalue weighted by molar-refractivity contribution is 0.297. The van der Waals surface area contributed by atoms with Gasteiger partial charge in [0.1, 0.15) is 0 Å². The van der Waals surface area contributed by atoms with Gasteiger partial charge >= 0.3 is 0 Å². The van der Waals surface area contributed by atoms with Gasteiger partial charge in [0.2, 0.25) is 0 Å². The van der Waals surface area contributed by atoms with E-state index in [4.69, 9.17) is 19.6 Å². The SMILES string of the molecule is c1ccc(-c2cn3c(n2)SCC(c2ccc4c(c2)OCCCO4)=N3)cc1. The molecule has 0 atom stereocenters. The molecule has 0 fully saturated rings. The molecule has 5 rings (SSSR count). The molecule has 2 aliphatic rings. The number of hydrogen-bond acceptors (Lipinski definition) is 5. The standard InChI is InChI=1S/C20H17N3O2S/c1-2-5-14(6-3-1)16-12-23-20(21-16)26-13-17(22-23)15-7-8-18-19(11-15)25-10-4-9-24-18/h1-3,5-8,11-12H,4,9-10,13H2. The van der Waals surface area contributed by atoms with Crippen molar-refractivity contribution >= 4 is 17.5 Å². The minimum Gasteiger partial charge on any atom is -0.490 e. The average Bonchev–Trinajstić information content (AvgIpc) is 2.98. The summed E-state index contributed by atoms with van der Waals surface area (Å²) in [7, 11) is 0. The molecular weight excluding hydrogens is 346 g/mol. The molecular formula is C20H17N3O2S. The molecule has 0 unspecified atom stereocenters. The van der Waals surface area contributed by atoms with Crippen molar-refractivity contribution in [2.24, 2.45) is 5.10 Å². The second-order valence-corrected chi connectivity index (χ2v) is 7.11. The van der Waals surface area contributed by atoms with E-state index in [1.165, 1.54) is 0 Å². The summed E-state index contributed by atoms with van der Waals surface area (Å²) < 4.78 is 13.4. The number of aromatic nitrogens is 2. The minimum absolute atomic E-state index is 0.684. The van der Waals surface area contributed by atoms with Crippen molar-refractivity contribution in [2.75, 3.05) is 19.0 Å². The summed E-state index contributed by atoms with van der Waals surface area (Å²) in [6.45, 7) is 1.38. The number of rotatable bonds is 2. The van der Waals surface area contributed by atoms with Gasteiger partial charge in [0.25, 0.3) is 0 Å². The molecule has 2 aliphatic heterocycles. The quantitative estimate of drug-likeness (QED) is 0.689. The van der Waals surface area contributed by atoms with E-state index in [1.807, 2.05) is 47.3 Å². The molecule has 0 aliphatic carbocycles. The van der Waals surface area contributed by atoms with E-state index < -0.39 is 0 Å². The van der Waals surface area contributed by atoms with Crippen LogP contribution < -0.4 is 9.47 Å². The molecule has 1 aromatic heterocycles. The van der Waals surface area contributed by atoms with Crippen molar-refractivity contribution in [3.05, 3.63) is 60.3 Å². The molecule has 0 N–H and O–H groups in total. The highest BCUT2D eigenvalue weighted by Crippen LogP contribution is 2.33. The topological polar surface area (TPSA) is 48.6 Å². The van der Waals surface area contributed by atoms with Gasteiger partial charge in [0, 0.05) is 23.3 Å². The number of hydrogen-bond donors (Lipinski definition) is 0. The van der Waals surface area contributed by atoms with Gasteiger partial charge in [0.05, 0.1) is 30.8 Å². The molecule has 0 saturated carbocycles. The molecule has 0 amide bonds. The van der Waals surface area contributed by atoms with Crippen LogP contribution in [-0.4, -0.2) is 34.3 Å². The number of benzene rings is 2. The van der Waals surface area contributed by atoms with Crippen LogP contribution in [0.5, 0.6) is 11.5 Å². The third-order valence-electron chi connectivity index (χ3n) is 4.37. The molecule has 0 radical (unpaired) electrons. The Hall–Kier alpha value is -2.73. The molecule has 130 valence electrons. The van der Waals surface area contributed by atoms with Crippen LogP contribution >= 0.6 is 11.8 Å². The minimum atomic E-state index is 0.684. The van der Waals surface area contributed by atoms with E-state index in [-0.39, 0.29) is 0 Å². The monoisotopic (exact) mass is 363 g/mol. The Bertz CT molecular complexity index is 982. The second kappa shape index (κ2) is 6.53. The van der Waals surface area contributed by atoms with Gasteiger partial charge < -0.3 is 9.47 Å². The molecule has 0 saturated heterocycles. The molecule has 3 heterocycles. The zero-order valence-electron chi connectivity index (χ0n) is 14.1. The third kappa shape index (κ3) is 2.86. The van der Waals surface area contributed by atoms with Crippen molar-refractivity contribution < 1.29 is 9.47 Å². The molecule has 5 nitrogen and oxygen atoms in total. The van der Waals surface area contributed by atoms with E-state index in [0.29, 0.717) is 13.2 Å². The number of ether oxygens (including phenoxy) is 2. The Morgan fingerprint density at radius 1 is 0.923 bits per heavy atom. The predicted molar refractivity (Wildman–Crippen MR) is 102 cm³/mol. The van der Waals surface area contributed by atoms with Gasteiger partial charge in [-0.05, 0) is 18.2 Å². The fraction of sp³-hybridized carbons (Fsp3) is 0.200. The Balaban J connectivity index is 1.49. The maximum atomic E-state index is 5.81. The lowest BCUT2D eigenvalue weighted by Crippen LogP contribution is -2.13. The van der Waals surface area contributed by atoms with Gasteiger partial charge in [-0.1, -0.05) is 42.1 Å². The van der Waals surface area contributed by atoms with Gasteiger partial charge in [-0.15, -0.1) is 0 Å². The van der Waals surface area contributed by atoms with Crippen molar-refractivity contribution in [3.8, 4) is 22.8 Å². The molecule has 6 heteroatoms. The summed E-state index contributed by atoms with van der Waals surface area (Å²) in [5.41, 5.74) is 4.11. The summed E-state index contributed by atoms with van der Waals surface area (Å²) in [5, 5.41) is 5.71. The number of nitrogens with zero attached hydrogens (tertiary/aromatic N) is 3. The first kappa shape index (κ1) is 15.5. The van der Waals surface area contributed by atoms with Gasteiger partial charge in [-0.3, -0.25) is 0 Å². The zero-order valence-corrected chi connectivity index (χ0v) is 14.9. The largest absolute Gasteiger partial charge is 0.490 e. The zero-order chi connectivity index (χ0) is 17.3. The fourth-order valence-electron chi connectivity index (χ4n) is 3.05. The smallest absolute Gasteiger partial charge is 0.189 e. The van der Waals surface area contributed by atoms with Crippen LogP contribution in [-0.2, 0) is 0 Å². The molecule has 3 aromatic rings. The first-order chi connectivity index (χ1) is 12.9. The van der Waals surface area contributed by atoms with Crippen LogP contribution in [0.3, 0.4) is 0 Å². The molecule has 0 bridgehead atoms. The molecule has 0 spiro atoms. The highest BCUT2D eigenvalue weighted by Gasteiger charge is 2.19. The normalized spacial score (nSPS) is 15.8. The maximum absolute atomic E-state index is 5.81. The van der Waals surface area contributed by atoms with Crippen LogP contribution in [0.1, 0.15) is 12.0 Å². The molecule has 26 heavy (non-hydrogen) atoms. The van der Waals surface area contributed by atoms with Crippen molar-refractivity contribution in [2.45, 2.75) is 11.6 Å². The second-order valence-electron chi connectivity index (χ2n) is 6.17. The summed E-state index contributed by atoms with van der Waals surface area (Å²) in [6, 6.07) is 16.2. The van der Waals surface area contributed by atoms with E-state index in [9.17, 15) is 0 Å². The molecule has 2 aromatic carbocycles. The van der Waals surface area contributed by atoms with E-state index >= 15 is 0 Å². The van der Waals surface area contributed by atoms with Gasteiger partial charge in [-0.25, -0.2) is 9.66 Å². The first-order valence-electron chi connectivity index (χ1n) is 8.62. The fourth-order valence-corrected chi connectivity index (χ4v) is 3.93. The lowest BCUT2D eigenvalue weighted by atomic mass is 10.1. The van der Waals surface area contributed by atoms with E-state index in [1.54, 1.807) is 11.8 Å². The Labute approximate surface area is 155 Å². The van der Waals surface area contributed by atoms with Crippen LogP contribution in [0.25, 0.3) is 11.3 Å². The Kier molecular flexibility index (Phi) is 3.90. The Morgan fingerprint density at radius 3 is 2.65 bits per heavy atom. The van der Waals surface area contributed by atoms with Crippen LogP contribution in [0, 0.1) is 0 Å². The third-order valence-corrected chi connectivity index (χ3v) is 5.33. The van der Waals surface area contributed by atoms with Crippen molar-refractivity contribution in [3.63, 3.8) is 0 Å². The average molecular weight is 363 g/mol. The first-order valence-corrected chi connectivity index (χ1v) is 9.61.